The van der Waals surface area contributed by atoms with E-state index in [-0.39, 0.29) is 22.3 Å². The van der Waals surface area contributed by atoms with Crippen molar-refractivity contribution in [1.82, 2.24) is 0 Å². The summed E-state index contributed by atoms with van der Waals surface area (Å²) in [4.78, 5) is 92.3. The van der Waals surface area contributed by atoms with E-state index in [1.54, 1.807) is 72.8 Å². The van der Waals surface area contributed by atoms with Gasteiger partial charge in [0.25, 0.3) is 0 Å². The Balaban J connectivity index is 1.47. The van der Waals surface area contributed by atoms with Crippen molar-refractivity contribution in [3.8, 4) is 0 Å². The van der Waals surface area contributed by atoms with E-state index in [2.05, 4.69) is 12.6 Å². The number of ether oxygens (including phenoxy) is 10. The molecule has 2 saturated heterocycles. The molecular formula is C46H44O17S. The smallest absolute Gasteiger partial charge is 0.338 e. The highest BCUT2D eigenvalue weighted by Gasteiger charge is 2.57. The van der Waals surface area contributed by atoms with Crippen molar-refractivity contribution >= 4 is 54.4 Å². The highest BCUT2D eigenvalue weighted by Crippen LogP contribution is 2.37. The second kappa shape index (κ2) is 22.2. The number of benzene rings is 4. The van der Waals surface area contributed by atoms with Gasteiger partial charge >= 0.3 is 41.8 Å². The molecule has 0 N–H and O–H groups in total. The van der Waals surface area contributed by atoms with E-state index in [1.807, 2.05) is 0 Å². The van der Waals surface area contributed by atoms with Crippen molar-refractivity contribution in [1.29, 1.82) is 0 Å². The van der Waals surface area contributed by atoms with Crippen LogP contribution in [0, 0.1) is 0 Å². The molecule has 0 aromatic heterocycles. The molecule has 0 radical (unpaired) electrons. The van der Waals surface area contributed by atoms with Gasteiger partial charge < -0.3 is 47.4 Å². The van der Waals surface area contributed by atoms with Gasteiger partial charge in [-0.1, -0.05) is 72.8 Å². The first-order valence-electron chi connectivity index (χ1n) is 19.9. The van der Waals surface area contributed by atoms with Crippen molar-refractivity contribution in [2.45, 2.75) is 81.3 Å². The summed E-state index contributed by atoms with van der Waals surface area (Å²) in [7, 11) is 0. The lowest BCUT2D eigenvalue weighted by Gasteiger charge is -2.48. The number of carbonyl (C=O) groups is 7. The van der Waals surface area contributed by atoms with Gasteiger partial charge in [-0.3, -0.25) is 14.4 Å². The van der Waals surface area contributed by atoms with Crippen LogP contribution in [0.1, 0.15) is 62.2 Å². The highest BCUT2D eigenvalue weighted by molar-refractivity contribution is 7.80. The standard InChI is InChI=1S/C46H44O17S/c1-26(47)54-24-34-35(56-27(2)48)38(57-28(3)49)40(46(64)59-34)63-45-39(62-44(53)32-22-14-7-15-23-32)37(61-43(52)31-20-12-6-13-21-31)36(60-42(51)30-18-10-5-11-19-30)33(58-45)25-55-41(50)29-16-8-4-9-17-29/h4-23,33-40,45-46,64H,24-25H2,1-3H3/t33-,34-,35-,36-,37+,38+,39+,40+,45-,46-/m1/s1. The van der Waals surface area contributed by atoms with Crippen molar-refractivity contribution in [3.05, 3.63) is 144 Å². The Bertz CT molecular complexity index is 2240. The summed E-state index contributed by atoms with van der Waals surface area (Å²) in [5.74, 6) is -6.05. The predicted octanol–water partition coefficient (Wildman–Crippen LogP) is 4.71. The van der Waals surface area contributed by atoms with Crippen LogP contribution in [0.4, 0.5) is 0 Å². The Labute approximate surface area is 372 Å². The van der Waals surface area contributed by atoms with E-state index in [1.165, 1.54) is 48.5 Å². The van der Waals surface area contributed by atoms with Crippen LogP contribution in [-0.2, 0) is 61.8 Å². The summed E-state index contributed by atoms with van der Waals surface area (Å²) in [6.07, 6.45) is -14.7. The molecule has 0 saturated carbocycles. The molecule has 0 bridgehead atoms. The van der Waals surface area contributed by atoms with Crippen LogP contribution in [-0.4, -0.2) is 116 Å². The van der Waals surface area contributed by atoms with Crippen LogP contribution < -0.4 is 0 Å². The first-order valence-corrected chi connectivity index (χ1v) is 20.4. The maximum Gasteiger partial charge on any atom is 0.338 e. The molecule has 17 nitrogen and oxygen atoms in total. The van der Waals surface area contributed by atoms with Gasteiger partial charge in [-0.05, 0) is 48.5 Å². The molecule has 2 aliphatic heterocycles. The first kappa shape index (κ1) is 46.9. The SMILES string of the molecule is CC(=O)OC[C@H]1O[C@H](S)[C@@H](O[C@H]2O[C@H](COC(=O)c3ccccc3)[C@@H](OC(=O)c3ccccc3)[C@H](OC(=O)c3ccccc3)[C@@H]2OC(=O)c2ccccc2)[C@@H](OC(C)=O)[C@@H]1OC(C)=O. The lowest BCUT2D eigenvalue weighted by molar-refractivity contribution is -0.333. The average Bonchev–Trinajstić information content (AvgIpc) is 3.29. The average molecular weight is 901 g/mol. The number of carbonyl (C=O) groups excluding carboxylic acids is 7. The van der Waals surface area contributed by atoms with E-state index in [9.17, 15) is 33.6 Å². The zero-order chi connectivity index (χ0) is 45.8. The van der Waals surface area contributed by atoms with Gasteiger partial charge in [0.05, 0.1) is 22.3 Å². The van der Waals surface area contributed by atoms with Gasteiger partial charge in [0.2, 0.25) is 0 Å². The number of thiol groups is 1. The van der Waals surface area contributed by atoms with E-state index in [4.69, 9.17) is 47.4 Å². The highest BCUT2D eigenvalue weighted by atomic mass is 32.1. The Morgan fingerprint density at radius 3 is 1.23 bits per heavy atom. The minimum absolute atomic E-state index is 0.0419. The Hall–Kier alpha value is -6.60. The van der Waals surface area contributed by atoms with Crippen molar-refractivity contribution in [2.24, 2.45) is 0 Å². The molecule has 336 valence electrons. The van der Waals surface area contributed by atoms with Gasteiger partial charge in [-0.15, -0.1) is 12.6 Å². The van der Waals surface area contributed by atoms with Gasteiger partial charge in [-0.2, -0.15) is 0 Å². The third kappa shape index (κ3) is 12.3. The summed E-state index contributed by atoms with van der Waals surface area (Å²) in [6.45, 7) is 2.18. The predicted molar refractivity (Wildman–Crippen MR) is 223 cm³/mol. The summed E-state index contributed by atoms with van der Waals surface area (Å²) in [5.41, 5.74) is -1.06. The number of hydrogen-bond donors (Lipinski definition) is 1. The van der Waals surface area contributed by atoms with Crippen LogP contribution in [0.3, 0.4) is 0 Å². The van der Waals surface area contributed by atoms with Crippen molar-refractivity contribution < 1.29 is 80.9 Å². The fraction of sp³-hybridized carbons (Fsp3) is 0.326. The van der Waals surface area contributed by atoms with E-state index >= 15 is 0 Å². The third-order valence-corrected chi connectivity index (χ3v) is 10.1. The van der Waals surface area contributed by atoms with E-state index in [0.717, 1.165) is 20.8 Å². The number of hydrogen-bond acceptors (Lipinski definition) is 18. The molecule has 4 aromatic rings. The van der Waals surface area contributed by atoms with Gasteiger partial charge in [-0.25, -0.2) is 19.2 Å². The maximum atomic E-state index is 14.0. The summed E-state index contributed by atoms with van der Waals surface area (Å²) < 4.78 is 59.4. The molecule has 2 fully saturated rings. The topological polar surface area (TPSA) is 212 Å². The van der Waals surface area contributed by atoms with Crippen LogP contribution in [0.2, 0.25) is 0 Å². The summed E-state index contributed by atoms with van der Waals surface area (Å²) in [5, 5.41) is 0. The number of rotatable bonds is 15. The Morgan fingerprint density at radius 1 is 0.422 bits per heavy atom. The largest absolute Gasteiger partial charge is 0.463 e. The van der Waals surface area contributed by atoms with Crippen molar-refractivity contribution in [2.75, 3.05) is 13.2 Å². The molecule has 18 heteroatoms. The quantitative estimate of drug-likeness (QED) is 0.0972. The molecule has 2 aliphatic rings. The second-order valence-electron chi connectivity index (χ2n) is 14.3. The maximum absolute atomic E-state index is 14.0. The fourth-order valence-electron chi connectivity index (χ4n) is 6.83. The number of esters is 7. The Kier molecular flexibility index (Phi) is 16.2. The molecule has 0 unspecified atom stereocenters. The summed E-state index contributed by atoms with van der Waals surface area (Å²) >= 11 is 4.58. The molecular weight excluding hydrogens is 857 g/mol. The molecule has 0 amide bonds. The molecule has 0 spiro atoms. The summed E-state index contributed by atoms with van der Waals surface area (Å²) in [6, 6.07) is 31.2. The van der Waals surface area contributed by atoms with Gasteiger partial charge in [0.15, 0.2) is 36.8 Å². The van der Waals surface area contributed by atoms with Crippen LogP contribution in [0.25, 0.3) is 0 Å². The molecule has 4 aromatic carbocycles. The first-order chi connectivity index (χ1) is 30.8. The normalized spacial score (nSPS) is 25.1. The monoisotopic (exact) mass is 900 g/mol. The lowest BCUT2D eigenvalue weighted by Crippen LogP contribution is -2.66. The lowest BCUT2D eigenvalue weighted by atomic mass is 9.96. The van der Waals surface area contributed by atoms with Gasteiger partial charge in [0.1, 0.15) is 37.0 Å². The minimum Gasteiger partial charge on any atom is -0.463 e. The van der Waals surface area contributed by atoms with Crippen LogP contribution >= 0.6 is 12.6 Å². The fourth-order valence-corrected chi connectivity index (χ4v) is 7.22. The minimum atomic E-state index is -1.89. The van der Waals surface area contributed by atoms with Crippen LogP contribution in [0.5, 0.6) is 0 Å². The third-order valence-electron chi connectivity index (χ3n) is 9.69. The molecule has 64 heavy (non-hydrogen) atoms. The van der Waals surface area contributed by atoms with E-state index < -0.39 is 116 Å². The van der Waals surface area contributed by atoms with Crippen LogP contribution in [0.15, 0.2) is 121 Å². The van der Waals surface area contributed by atoms with E-state index in [0.29, 0.717) is 0 Å². The molecule has 6 rings (SSSR count). The van der Waals surface area contributed by atoms with Crippen molar-refractivity contribution in [3.63, 3.8) is 0 Å². The zero-order valence-electron chi connectivity index (χ0n) is 34.6. The zero-order valence-corrected chi connectivity index (χ0v) is 35.5. The van der Waals surface area contributed by atoms with Gasteiger partial charge in [0, 0.05) is 20.8 Å². The Morgan fingerprint density at radius 2 is 0.781 bits per heavy atom. The second-order valence-corrected chi connectivity index (χ2v) is 14.8. The molecule has 0 aliphatic carbocycles. The molecule has 2 heterocycles. The molecule has 10 atom stereocenters.